The number of hydrogen-bond acceptors (Lipinski definition) is 4. The van der Waals surface area contributed by atoms with Crippen molar-refractivity contribution in [1.82, 2.24) is 4.98 Å². The number of nitrogens with two attached hydrogens (primary N) is 1. The fourth-order valence-electron chi connectivity index (χ4n) is 1.59. The molecule has 7 heteroatoms. The van der Waals surface area contributed by atoms with Crippen LogP contribution >= 0.6 is 23.6 Å². The highest BCUT2D eigenvalue weighted by molar-refractivity contribution is 7.81. The van der Waals surface area contributed by atoms with Gasteiger partial charge in [0.1, 0.15) is 21.6 Å². The molecule has 0 radical (unpaired) electrons. The maximum Gasteiger partial charge on any atom is 0.136 e. The van der Waals surface area contributed by atoms with E-state index < -0.39 is 11.6 Å². The average molecular weight is 300 g/mol. The molecule has 19 heavy (non-hydrogen) atoms. The van der Waals surface area contributed by atoms with E-state index in [4.69, 9.17) is 22.7 Å². The zero-order chi connectivity index (χ0) is 14.0. The Hall–Kier alpha value is -1.44. The molecule has 0 unspecified atom stereocenters. The minimum absolute atomic E-state index is 0.132. The van der Waals surface area contributed by atoms with E-state index in [2.05, 4.69) is 4.98 Å². The highest BCUT2D eigenvalue weighted by Crippen LogP contribution is 2.32. The SMILES string of the molecule is COCc1nc(-c2c(F)cccc2F)sc1C(N)=S. The maximum atomic E-state index is 13.7. The summed E-state index contributed by atoms with van der Waals surface area (Å²) in [7, 11) is 1.49. The molecule has 3 nitrogen and oxygen atoms in total. The summed E-state index contributed by atoms with van der Waals surface area (Å²) in [6, 6.07) is 3.65. The largest absolute Gasteiger partial charge is 0.389 e. The van der Waals surface area contributed by atoms with Crippen molar-refractivity contribution in [1.29, 1.82) is 0 Å². The minimum Gasteiger partial charge on any atom is -0.389 e. The lowest BCUT2D eigenvalue weighted by atomic mass is 10.2. The van der Waals surface area contributed by atoms with Crippen molar-refractivity contribution >= 4 is 28.5 Å². The number of nitrogens with zero attached hydrogens (tertiary/aromatic N) is 1. The van der Waals surface area contributed by atoms with E-state index in [0.717, 1.165) is 11.3 Å². The topological polar surface area (TPSA) is 48.1 Å². The van der Waals surface area contributed by atoms with Gasteiger partial charge in [-0.2, -0.15) is 0 Å². The number of methoxy groups -OCH3 is 1. The van der Waals surface area contributed by atoms with Gasteiger partial charge < -0.3 is 10.5 Å². The Kier molecular flexibility index (Phi) is 4.18. The molecule has 0 aliphatic rings. The van der Waals surface area contributed by atoms with Crippen molar-refractivity contribution in [3.05, 3.63) is 40.4 Å². The van der Waals surface area contributed by atoms with E-state index in [0.29, 0.717) is 10.6 Å². The highest BCUT2D eigenvalue weighted by Gasteiger charge is 2.19. The standard InChI is InChI=1S/C12H10F2N2OS2/c1-17-5-8-10(11(15)18)19-12(16-8)9-6(13)3-2-4-7(9)14/h2-4H,5H2,1H3,(H2,15,18). The second kappa shape index (κ2) is 5.68. The lowest BCUT2D eigenvalue weighted by molar-refractivity contribution is 0.182. The quantitative estimate of drug-likeness (QED) is 0.882. The second-order valence-electron chi connectivity index (χ2n) is 3.69. The molecule has 0 fully saturated rings. The van der Waals surface area contributed by atoms with Crippen molar-refractivity contribution in [2.45, 2.75) is 6.61 Å². The molecular formula is C12H10F2N2OS2. The van der Waals surface area contributed by atoms with Gasteiger partial charge in [0.15, 0.2) is 0 Å². The number of rotatable bonds is 4. The predicted molar refractivity (Wildman–Crippen MR) is 74.1 cm³/mol. The molecule has 2 aromatic rings. The van der Waals surface area contributed by atoms with Crippen LogP contribution in [-0.2, 0) is 11.3 Å². The zero-order valence-corrected chi connectivity index (χ0v) is 11.6. The zero-order valence-electron chi connectivity index (χ0n) is 9.94. The van der Waals surface area contributed by atoms with E-state index >= 15 is 0 Å². The average Bonchev–Trinajstić information content (AvgIpc) is 2.73. The Morgan fingerprint density at radius 2 is 2.05 bits per heavy atom. The van der Waals surface area contributed by atoms with Crippen LogP contribution in [0.1, 0.15) is 10.6 Å². The number of aromatic nitrogens is 1. The van der Waals surface area contributed by atoms with Gasteiger partial charge in [-0.15, -0.1) is 11.3 Å². The van der Waals surface area contributed by atoms with Crippen molar-refractivity contribution in [3.63, 3.8) is 0 Å². The van der Waals surface area contributed by atoms with E-state index in [9.17, 15) is 8.78 Å². The first-order valence-electron chi connectivity index (χ1n) is 5.27. The van der Waals surface area contributed by atoms with Gasteiger partial charge in [0.2, 0.25) is 0 Å². The third kappa shape index (κ3) is 2.78. The van der Waals surface area contributed by atoms with Crippen molar-refractivity contribution in [3.8, 4) is 10.6 Å². The first-order chi connectivity index (χ1) is 9.04. The summed E-state index contributed by atoms with van der Waals surface area (Å²) in [6.45, 7) is 0.180. The van der Waals surface area contributed by atoms with Crippen LogP contribution in [0.4, 0.5) is 8.78 Å². The van der Waals surface area contributed by atoms with E-state index in [1.807, 2.05) is 0 Å². The molecule has 0 bridgehead atoms. The summed E-state index contributed by atoms with van der Waals surface area (Å²) in [5.41, 5.74) is 5.88. The number of thiazole rings is 1. The number of halogens is 2. The third-order valence-electron chi connectivity index (χ3n) is 2.38. The summed E-state index contributed by atoms with van der Waals surface area (Å²) < 4.78 is 32.4. The molecular weight excluding hydrogens is 290 g/mol. The highest BCUT2D eigenvalue weighted by atomic mass is 32.1. The molecule has 0 atom stereocenters. The number of thiocarbonyl (C=S) groups is 1. The van der Waals surface area contributed by atoms with Gasteiger partial charge in [0, 0.05) is 7.11 Å². The first-order valence-corrected chi connectivity index (χ1v) is 6.50. The summed E-state index contributed by atoms with van der Waals surface area (Å²) >= 11 is 5.95. The van der Waals surface area contributed by atoms with E-state index in [1.54, 1.807) is 0 Å². The van der Waals surface area contributed by atoms with E-state index in [1.165, 1.54) is 25.3 Å². The van der Waals surface area contributed by atoms with Gasteiger partial charge in [0.05, 0.1) is 22.7 Å². The second-order valence-corrected chi connectivity index (χ2v) is 5.13. The number of ether oxygens (including phenoxy) is 1. The van der Waals surface area contributed by atoms with Crippen molar-refractivity contribution < 1.29 is 13.5 Å². The van der Waals surface area contributed by atoms with Crippen LogP contribution in [0.5, 0.6) is 0 Å². The number of hydrogen-bond donors (Lipinski definition) is 1. The molecule has 0 aliphatic heterocycles. The van der Waals surface area contributed by atoms with Crippen LogP contribution < -0.4 is 5.73 Å². The van der Waals surface area contributed by atoms with Crippen LogP contribution in [0.2, 0.25) is 0 Å². The summed E-state index contributed by atoms with van der Waals surface area (Å²) in [5, 5.41) is 0.199. The van der Waals surface area contributed by atoms with Crippen LogP contribution in [0, 0.1) is 11.6 Å². The molecule has 0 spiro atoms. The number of benzene rings is 1. The molecule has 0 saturated carbocycles. The summed E-state index contributed by atoms with van der Waals surface area (Å²) in [4.78, 5) is 4.80. The lowest BCUT2D eigenvalue weighted by Gasteiger charge is -1.99. The van der Waals surface area contributed by atoms with E-state index in [-0.39, 0.29) is 22.2 Å². The van der Waals surface area contributed by atoms with Crippen LogP contribution in [0.25, 0.3) is 10.6 Å². The fraction of sp³-hybridized carbons (Fsp3) is 0.167. The van der Waals surface area contributed by atoms with Crippen LogP contribution in [-0.4, -0.2) is 17.1 Å². The minimum atomic E-state index is -0.674. The Morgan fingerprint density at radius 3 is 2.58 bits per heavy atom. The molecule has 1 aromatic heterocycles. The first kappa shape index (κ1) is 14.0. The third-order valence-corrected chi connectivity index (χ3v) is 3.86. The van der Waals surface area contributed by atoms with Crippen LogP contribution in [0.15, 0.2) is 18.2 Å². The summed E-state index contributed by atoms with van der Waals surface area (Å²) in [5.74, 6) is -1.35. The molecule has 2 rings (SSSR count). The Labute approximate surface area is 118 Å². The maximum absolute atomic E-state index is 13.7. The van der Waals surface area contributed by atoms with Gasteiger partial charge in [-0.05, 0) is 12.1 Å². The Bertz CT molecular complexity index is 608. The molecule has 100 valence electrons. The molecule has 1 aromatic carbocycles. The predicted octanol–water partition coefficient (Wildman–Crippen LogP) is 2.87. The van der Waals surface area contributed by atoms with Gasteiger partial charge >= 0.3 is 0 Å². The van der Waals surface area contributed by atoms with Crippen LogP contribution in [0.3, 0.4) is 0 Å². The summed E-state index contributed by atoms with van der Waals surface area (Å²) in [6.07, 6.45) is 0. The van der Waals surface area contributed by atoms with Gasteiger partial charge in [-0.3, -0.25) is 0 Å². The fourth-order valence-corrected chi connectivity index (χ4v) is 2.80. The Balaban J connectivity index is 2.57. The molecule has 2 N–H and O–H groups in total. The molecule has 0 amide bonds. The smallest absolute Gasteiger partial charge is 0.136 e. The lowest BCUT2D eigenvalue weighted by Crippen LogP contribution is -2.10. The van der Waals surface area contributed by atoms with Crippen molar-refractivity contribution in [2.24, 2.45) is 5.73 Å². The monoisotopic (exact) mass is 300 g/mol. The normalized spacial score (nSPS) is 10.7. The van der Waals surface area contributed by atoms with Gasteiger partial charge in [-0.25, -0.2) is 13.8 Å². The van der Waals surface area contributed by atoms with Gasteiger partial charge in [-0.1, -0.05) is 18.3 Å². The Morgan fingerprint density at radius 1 is 1.42 bits per heavy atom. The van der Waals surface area contributed by atoms with Crippen molar-refractivity contribution in [2.75, 3.05) is 7.11 Å². The molecule has 0 saturated heterocycles. The molecule has 1 heterocycles. The molecule has 0 aliphatic carbocycles. The van der Waals surface area contributed by atoms with Gasteiger partial charge in [0.25, 0.3) is 0 Å².